The van der Waals surface area contributed by atoms with Crippen LogP contribution in [0.4, 0.5) is 4.39 Å². The maximum Gasteiger partial charge on any atom is 0.329 e. The van der Waals surface area contributed by atoms with Crippen LogP contribution in [0.3, 0.4) is 0 Å². The number of benzene rings is 3. The fraction of sp³-hybridized carbons (Fsp3) is 0.174. The molecule has 3 aromatic rings. The lowest BCUT2D eigenvalue weighted by atomic mass is 10.0. The van der Waals surface area contributed by atoms with Gasteiger partial charge < -0.3 is 10.1 Å². The second-order valence-corrected chi connectivity index (χ2v) is 7.06. The van der Waals surface area contributed by atoms with Gasteiger partial charge in [-0.1, -0.05) is 42.5 Å². The molecule has 3 aromatic carbocycles. The molecular weight excluding hydrogens is 385 g/mol. The number of amides is 2. The number of carbonyl (C=O) groups is 2. The van der Waals surface area contributed by atoms with E-state index in [0.717, 1.165) is 23.6 Å². The number of fused-ring (bicyclic) bond motifs is 1. The number of hydrogen-bond acceptors (Lipinski definition) is 4. The molecule has 0 radical (unpaired) electrons. The number of ether oxygens (including phenoxy) is 1. The van der Waals surface area contributed by atoms with Crippen LogP contribution in [0.2, 0.25) is 0 Å². The average Bonchev–Trinajstić information content (AvgIpc) is 3.56. The van der Waals surface area contributed by atoms with Crippen LogP contribution in [0.5, 0.6) is 5.75 Å². The third-order valence-electron chi connectivity index (χ3n) is 4.69. The van der Waals surface area contributed by atoms with Crippen molar-refractivity contribution < 1.29 is 18.7 Å². The Morgan fingerprint density at radius 1 is 1.07 bits per heavy atom. The first-order valence-electron chi connectivity index (χ1n) is 9.63. The summed E-state index contributed by atoms with van der Waals surface area (Å²) in [4.78, 5) is 23.6. The Morgan fingerprint density at radius 2 is 1.90 bits per heavy atom. The summed E-state index contributed by atoms with van der Waals surface area (Å²) in [5, 5.41) is 8.39. The van der Waals surface area contributed by atoms with Gasteiger partial charge in [0.05, 0.1) is 6.21 Å². The van der Waals surface area contributed by atoms with Crippen molar-refractivity contribution in [2.24, 2.45) is 5.10 Å². The van der Waals surface area contributed by atoms with Crippen molar-refractivity contribution in [2.45, 2.75) is 25.5 Å². The van der Waals surface area contributed by atoms with Crippen LogP contribution in [0.15, 0.2) is 65.8 Å². The van der Waals surface area contributed by atoms with Gasteiger partial charge in [0.15, 0.2) is 0 Å². The maximum absolute atomic E-state index is 13.4. The van der Waals surface area contributed by atoms with Crippen molar-refractivity contribution in [1.29, 1.82) is 0 Å². The molecule has 2 amide bonds. The molecule has 7 heteroatoms. The first-order chi connectivity index (χ1) is 14.6. The molecule has 0 aromatic heterocycles. The number of hydrazone groups is 1. The minimum atomic E-state index is -0.819. The Labute approximate surface area is 172 Å². The van der Waals surface area contributed by atoms with Crippen molar-refractivity contribution in [1.82, 2.24) is 10.7 Å². The van der Waals surface area contributed by atoms with Crippen molar-refractivity contribution >= 4 is 28.8 Å². The number of nitrogens with one attached hydrogen (secondary N) is 2. The lowest BCUT2D eigenvalue weighted by molar-refractivity contribution is -0.139. The van der Waals surface area contributed by atoms with Crippen molar-refractivity contribution in [3.63, 3.8) is 0 Å². The van der Waals surface area contributed by atoms with Crippen LogP contribution >= 0.6 is 0 Å². The molecule has 6 nitrogen and oxygen atoms in total. The van der Waals surface area contributed by atoms with Gasteiger partial charge in [-0.25, -0.2) is 9.82 Å². The highest BCUT2D eigenvalue weighted by atomic mass is 19.1. The highest BCUT2D eigenvalue weighted by Crippen LogP contribution is 2.27. The third-order valence-corrected chi connectivity index (χ3v) is 4.69. The fourth-order valence-corrected chi connectivity index (χ4v) is 3.01. The third kappa shape index (κ3) is 4.81. The number of hydrogen-bond donors (Lipinski definition) is 2. The quantitative estimate of drug-likeness (QED) is 0.375. The maximum atomic E-state index is 13.4. The Kier molecular flexibility index (Phi) is 5.70. The molecule has 0 aliphatic heterocycles. The van der Waals surface area contributed by atoms with Gasteiger partial charge in [-0.15, -0.1) is 0 Å². The zero-order chi connectivity index (χ0) is 20.9. The molecule has 1 fully saturated rings. The van der Waals surface area contributed by atoms with Crippen LogP contribution in [0.25, 0.3) is 10.8 Å². The average molecular weight is 405 g/mol. The standard InChI is InChI=1S/C23H20FN3O3/c24-17-6-3-4-15(12-17)14-30-21-11-8-16-5-1-2-7-19(16)20(21)13-25-27-23(29)22(28)26-18-9-10-18/h1-8,11-13,18H,9-10,14H2,(H,26,28)(H,27,29)/b25-13-. The highest BCUT2D eigenvalue weighted by molar-refractivity contribution is 6.35. The first-order valence-corrected chi connectivity index (χ1v) is 9.63. The predicted molar refractivity (Wildman–Crippen MR) is 112 cm³/mol. The van der Waals surface area contributed by atoms with E-state index < -0.39 is 11.8 Å². The summed E-state index contributed by atoms with van der Waals surface area (Å²) in [5.41, 5.74) is 3.59. The normalized spacial score (nSPS) is 13.4. The lowest BCUT2D eigenvalue weighted by Crippen LogP contribution is -2.38. The van der Waals surface area contributed by atoms with Crippen molar-refractivity contribution in [3.05, 3.63) is 77.6 Å². The topological polar surface area (TPSA) is 79.8 Å². The van der Waals surface area contributed by atoms with Crippen LogP contribution in [-0.4, -0.2) is 24.1 Å². The van der Waals surface area contributed by atoms with Gasteiger partial charge in [0, 0.05) is 11.6 Å². The Bertz CT molecular complexity index is 1130. The van der Waals surface area contributed by atoms with E-state index in [1.165, 1.54) is 18.3 Å². The highest BCUT2D eigenvalue weighted by Gasteiger charge is 2.26. The largest absolute Gasteiger partial charge is 0.488 e. The molecular formula is C23H20FN3O3. The van der Waals surface area contributed by atoms with E-state index in [2.05, 4.69) is 15.8 Å². The van der Waals surface area contributed by atoms with Crippen molar-refractivity contribution in [2.75, 3.05) is 0 Å². The summed E-state index contributed by atoms with van der Waals surface area (Å²) in [5.74, 6) is -1.32. The second kappa shape index (κ2) is 8.73. The monoisotopic (exact) mass is 405 g/mol. The number of rotatable bonds is 6. The minimum Gasteiger partial charge on any atom is -0.488 e. The van der Waals surface area contributed by atoms with E-state index in [9.17, 15) is 14.0 Å². The number of halogens is 1. The molecule has 2 N–H and O–H groups in total. The summed E-state index contributed by atoms with van der Waals surface area (Å²) >= 11 is 0. The van der Waals surface area contributed by atoms with E-state index in [1.807, 2.05) is 30.3 Å². The SMILES string of the molecule is O=C(N/N=C\c1c(OCc2cccc(F)c2)ccc2ccccc12)C(=O)NC1CC1. The van der Waals surface area contributed by atoms with Crippen molar-refractivity contribution in [3.8, 4) is 5.75 Å². The smallest absolute Gasteiger partial charge is 0.329 e. The van der Waals surface area contributed by atoms with Crippen LogP contribution in [-0.2, 0) is 16.2 Å². The van der Waals surface area contributed by atoms with Gasteiger partial charge >= 0.3 is 11.8 Å². The Morgan fingerprint density at radius 3 is 2.70 bits per heavy atom. The molecule has 0 atom stereocenters. The summed E-state index contributed by atoms with van der Waals surface area (Å²) in [6.07, 6.45) is 3.24. The van der Waals surface area contributed by atoms with Gasteiger partial charge in [-0.05, 0) is 47.4 Å². The molecule has 1 aliphatic rings. The summed E-state index contributed by atoms with van der Waals surface area (Å²) in [7, 11) is 0. The number of carbonyl (C=O) groups excluding carboxylic acids is 2. The molecule has 1 aliphatic carbocycles. The van der Waals surface area contributed by atoms with Gasteiger partial charge in [-0.2, -0.15) is 5.10 Å². The Hall–Kier alpha value is -3.74. The molecule has 0 heterocycles. The molecule has 0 spiro atoms. The predicted octanol–water partition coefficient (Wildman–Crippen LogP) is 3.29. The van der Waals surface area contributed by atoms with E-state index in [-0.39, 0.29) is 18.5 Å². The van der Waals surface area contributed by atoms with E-state index in [4.69, 9.17) is 4.74 Å². The summed E-state index contributed by atoms with van der Waals surface area (Å²) in [6, 6.07) is 17.6. The van der Waals surface area contributed by atoms with Crippen LogP contribution < -0.4 is 15.5 Å². The van der Waals surface area contributed by atoms with Gasteiger partial charge in [0.25, 0.3) is 0 Å². The minimum absolute atomic E-state index is 0.0909. The van der Waals surface area contributed by atoms with E-state index in [1.54, 1.807) is 18.2 Å². The van der Waals surface area contributed by atoms with Gasteiger partial charge in [0.2, 0.25) is 0 Å². The number of nitrogens with zero attached hydrogens (tertiary/aromatic N) is 1. The van der Waals surface area contributed by atoms with E-state index in [0.29, 0.717) is 16.9 Å². The van der Waals surface area contributed by atoms with Crippen LogP contribution in [0, 0.1) is 5.82 Å². The molecule has 0 unspecified atom stereocenters. The summed E-state index contributed by atoms with van der Waals surface area (Å²) < 4.78 is 19.3. The molecule has 0 bridgehead atoms. The fourth-order valence-electron chi connectivity index (χ4n) is 3.01. The van der Waals surface area contributed by atoms with Crippen LogP contribution in [0.1, 0.15) is 24.0 Å². The molecule has 152 valence electrons. The molecule has 0 saturated heterocycles. The molecule has 30 heavy (non-hydrogen) atoms. The van der Waals surface area contributed by atoms with Gasteiger partial charge in [0.1, 0.15) is 18.2 Å². The second-order valence-electron chi connectivity index (χ2n) is 7.06. The zero-order valence-corrected chi connectivity index (χ0v) is 16.1. The van der Waals surface area contributed by atoms with E-state index >= 15 is 0 Å². The summed E-state index contributed by atoms with van der Waals surface area (Å²) in [6.45, 7) is 0.174. The lowest BCUT2D eigenvalue weighted by Gasteiger charge is -2.12. The molecule has 4 rings (SSSR count). The molecule has 1 saturated carbocycles. The zero-order valence-electron chi connectivity index (χ0n) is 16.1. The Balaban J connectivity index is 1.53. The first kappa shape index (κ1) is 19.6. The van der Waals surface area contributed by atoms with Gasteiger partial charge in [-0.3, -0.25) is 9.59 Å².